The quantitative estimate of drug-likeness (QED) is 0.594. The van der Waals surface area contributed by atoms with Crippen molar-refractivity contribution in [3.05, 3.63) is 58.5 Å². The Morgan fingerprint density at radius 1 is 1.30 bits per heavy atom. The number of aromatic nitrogens is 4. The van der Waals surface area contributed by atoms with Gasteiger partial charge in [-0.25, -0.2) is 4.79 Å². The molecular formula is C16H14N4O2S. The van der Waals surface area contributed by atoms with E-state index in [4.69, 9.17) is 17.0 Å². The average molecular weight is 326 g/mol. The van der Waals surface area contributed by atoms with E-state index in [1.807, 2.05) is 52.7 Å². The van der Waals surface area contributed by atoms with Gasteiger partial charge in [-0.3, -0.25) is 9.67 Å². The number of fused-ring (bicyclic) bond motifs is 1. The molecule has 1 aromatic carbocycles. The number of carbonyl (C=O) groups is 1. The molecule has 7 heteroatoms. The van der Waals surface area contributed by atoms with Crippen LogP contribution in [0, 0.1) is 4.77 Å². The largest absolute Gasteiger partial charge is 0.452 e. The Morgan fingerprint density at radius 3 is 2.91 bits per heavy atom. The van der Waals surface area contributed by atoms with Gasteiger partial charge in [0.25, 0.3) is 0 Å². The van der Waals surface area contributed by atoms with Gasteiger partial charge in [-0.2, -0.15) is 5.10 Å². The molecule has 3 aromatic rings. The minimum atomic E-state index is -0.359. The summed E-state index contributed by atoms with van der Waals surface area (Å²) in [5.74, 6) is 0.434. The topological polar surface area (TPSA) is 64.8 Å². The molecule has 1 N–H and O–H groups in total. The van der Waals surface area contributed by atoms with Crippen LogP contribution in [0.1, 0.15) is 22.0 Å². The molecule has 0 spiro atoms. The molecule has 1 aliphatic rings. The van der Waals surface area contributed by atoms with Crippen molar-refractivity contribution in [1.82, 2.24) is 19.3 Å². The summed E-state index contributed by atoms with van der Waals surface area (Å²) in [6, 6.07) is 11.3. The highest BCUT2D eigenvalue weighted by molar-refractivity contribution is 7.71. The number of hydrogen-bond acceptors (Lipinski definition) is 4. The SMILES string of the molecule is Cn1cccc1-c1n[nH]c(=S)n1CC1OC(=O)c2ccccc21. The van der Waals surface area contributed by atoms with Gasteiger partial charge in [-0.15, -0.1) is 0 Å². The molecule has 0 saturated carbocycles. The molecule has 0 bridgehead atoms. The minimum Gasteiger partial charge on any atom is -0.452 e. The number of esters is 1. The first-order chi connectivity index (χ1) is 11.1. The number of nitrogens with one attached hydrogen (secondary N) is 1. The zero-order valence-electron chi connectivity index (χ0n) is 12.4. The number of rotatable bonds is 3. The van der Waals surface area contributed by atoms with Gasteiger partial charge in [-0.1, -0.05) is 18.2 Å². The van der Waals surface area contributed by atoms with Gasteiger partial charge in [-0.05, 0) is 30.4 Å². The van der Waals surface area contributed by atoms with Crippen molar-refractivity contribution in [3.8, 4) is 11.5 Å². The molecule has 0 radical (unpaired) electrons. The number of benzene rings is 1. The van der Waals surface area contributed by atoms with E-state index < -0.39 is 0 Å². The molecule has 1 atom stereocenters. The number of cyclic esters (lactones) is 1. The van der Waals surface area contributed by atoms with E-state index in [-0.39, 0.29) is 12.1 Å². The second-order valence-corrected chi connectivity index (χ2v) is 5.84. The lowest BCUT2D eigenvalue weighted by atomic mass is 10.1. The van der Waals surface area contributed by atoms with Gasteiger partial charge < -0.3 is 9.30 Å². The first kappa shape index (κ1) is 14.0. The van der Waals surface area contributed by atoms with Crippen LogP contribution in [0.4, 0.5) is 0 Å². The van der Waals surface area contributed by atoms with E-state index in [0.29, 0.717) is 16.9 Å². The third-order valence-corrected chi connectivity index (χ3v) is 4.37. The average Bonchev–Trinajstić information content (AvgIpc) is 3.21. The zero-order valence-corrected chi connectivity index (χ0v) is 13.2. The number of ether oxygens (including phenoxy) is 1. The molecule has 1 aliphatic heterocycles. The molecule has 0 fully saturated rings. The Morgan fingerprint density at radius 2 is 2.13 bits per heavy atom. The number of aromatic amines is 1. The fourth-order valence-electron chi connectivity index (χ4n) is 2.90. The van der Waals surface area contributed by atoms with Crippen molar-refractivity contribution >= 4 is 18.2 Å². The molecular weight excluding hydrogens is 312 g/mol. The minimum absolute atomic E-state index is 0.291. The molecule has 116 valence electrons. The van der Waals surface area contributed by atoms with E-state index in [0.717, 1.165) is 17.1 Å². The summed E-state index contributed by atoms with van der Waals surface area (Å²) < 4.78 is 9.84. The summed E-state index contributed by atoms with van der Waals surface area (Å²) in [5.41, 5.74) is 2.45. The van der Waals surface area contributed by atoms with Crippen LogP contribution >= 0.6 is 12.2 Å². The van der Waals surface area contributed by atoms with Crippen LogP contribution in [0.3, 0.4) is 0 Å². The highest BCUT2D eigenvalue weighted by Crippen LogP contribution is 2.32. The summed E-state index contributed by atoms with van der Waals surface area (Å²) in [7, 11) is 1.95. The van der Waals surface area contributed by atoms with Gasteiger partial charge in [0.2, 0.25) is 0 Å². The van der Waals surface area contributed by atoms with Crippen molar-refractivity contribution in [2.75, 3.05) is 0 Å². The van der Waals surface area contributed by atoms with Crippen molar-refractivity contribution in [2.45, 2.75) is 12.6 Å². The van der Waals surface area contributed by atoms with E-state index in [1.165, 1.54) is 0 Å². The second-order valence-electron chi connectivity index (χ2n) is 5.45. The molecule has 0 aliphatic carbocycles. The molecule has 6 nitrogen and oxygen atoms in total. The lowest BCUT2D eigenvalue weighted by molar-refractivity contribution is 0.0349. The summed E-state index contributed by atoms with van der Waals surface area (Å²) in [6.07, 6.45) is 1.59. The molecule has 3 heterocycles. The van der Waals surface area contributed by atoms with E-state index in [9.17, 15) is 4.79 Å². The number of aryl methyl sites for hydroxylation is 1. The first-order valence-electron chi connectivity index (χ1n) is 7.22. The van der Waals surface area contributed by atoms with Gasteiger partial charge >= 0.3 is 5.97 Å². The van der Waals surface area contributed by atoms with E-state index >= 15 is 0 Å². The Balaban J connectivity index is 1.74. The third kappa shape index (κ3) is 2.20. The van der Waals surface area contributed by atoms with Gasteiger partial charge in [0.15, 0.2) is 10.6 Å². The van der Waals surface area contributed by atoms with Gasteiger partial charge in [0.1, 0.15) is 6.10 Å². The summed E-state index contributed by atoms with van der Waals surface area (Å²) in [6.45, 7) is 0.429. The number of carbonyl (C=O) groups excluding carboxylic acids is 1. The highest BCUT2D eigenvalue weighted by atomic mass is 32.1. The van der Waals surface area contributed by atoms with Crippen LogP contribution in [0.5, 0.6) is 0 Å². The Hall–Kier alpha value is -2.67. The van der Waals surface area contributed by atoms with Crippen LogP contribution in [0.2, 0.25) is 0 Å². The maximum atomic E-state index is 12.0. The third-order valence-electron chi connectivity index (χ3n) is 4.06. The fraction of sp³-hybridized carbons (Fsp3) is 0.188. The number of H-pyrrole nitrogens is 1. The summed E-state index contributed by atoms with van der Waals surface area (Å²) >= 11 is 5.35. The molecule has 1 unspecified atom stereocenters. The molecule has 4 rings (SSSR count). The summed E-state index contributed by atoms with van der Waals surface area (Å²) in [4.78, 5) is 12.0. The van der Waals surface area contributed by atoms with Crippen molar-refractivity contribution < 1.29 is 9.53 Å². The maximum Gasteiger partial charge on any atom is 0.339 e. The Bertz CT molecular complexity index is 953. The van der Waals surface area contributed by atoms with Gasteiger partial charge in [0.05, 0.1) is 17.8 Å². The fourth-order valence-corrected chi connectivity index (χ4v) is 3.10. The molecule has 2 aromatic heterocycles. The molecule has 0 amide bonds. The van der Waals surface area contributed by atoms with Crippen LogP contribution < -0.4 is 0 Å². The van der Waals surface area contributed by atoms with E-state index in [1.54, 1.807) is 6.07 Å². The predicted molar refractivity (Wildman–Crippen MR) is 86.4 cm³/mol. The van der Waals surface area contributed by atoms with Crippen molar-refractivity contribution in [3.63, 3.8) is 0 Å². The zero-order chi connectivity index (χ0) is 16.0. The maximum absolute atomic E-state index is 12.0. The second kappa shape index (κ2) is 5.20. The van der Waals surface area contributed by atoms with Crippen LogP contribution in [-0.2, 0) is 18.3 Å². The first-order valence-corrected chi connectivity index (χ1v) is 7.63. The Kier molecular flexibility index (Phi) is 3.16. The molecule has 23 heavy (non-hydrogen) atoms. The van der Waals surface area contributed by atoms with Crippen molar-refractivity contribution in [1.29, 1.82) is 0 Å². The summed E-state index contributed by atoms with van der Waals surface area (Å²) in [5, 5.41) is 7.14. The van der Waals surface area contributed by atoms with E-state index in [2.05, 4.69) is 10.2 Å². The van der Waals surface area contributed by atoms with Gasteiger partial charge in [0, 0.05) is 18.8 Å². The van der Waals surface area contributed by atoms with Crippen LogP contribution in [0.15, 0.2) is 42.6 Å². The highest BCUT2D eigenvalue weighted by Gasteiger charge is 2.31. The Labute approximate surface area is 137 Å². The number of hydrogen-bond donors (Lipinski definition) is 1. The van der Waals surface area contributed by atoms with Crippen LogP contribution in [0.25, 0.3) is 11.5 Å². The lowest BCUT2D eigenvalue weighted by Crippen LogP contribution is -2.11. The van der Waals surface area contributed by atoms with Crippen molar-refractivity contribution in [2.24, 2.45) is 7.05 Å². The standard InChI is InChI=1S/C16H14N4O2S/c1-19-8-4-7-12(19)14-17-18-16(23)20(14)9-13-10-5-2-3-6-11(10)15(21)22-13/h2-8,13H,9H2,1H3,(H,18,23). The monoisotopic (exact) mass is 326 g/mol. The lowest BCUT2D eigenvalue weighted by Gasteiger charge is -2.13. The molecule has 0 saturated heterocycles. The van der Waals surface area contributed by atoms with Crippen LogP contribution in [-0.4, -0.2) is 25.3 Å². The number of nitrogens with zero attached hydrogens (tertiary/aromatic N) is 3. The normalized spacial score (nSPS) is 16.4. The predicted octanol–water partition coefficient (Wildman–Crippen LogP) is 2.86. The smallest absolute Gasteiger partial charge is 0.339 e.